The maximum Gasteiger partial charge on any atom is 0.293 e. The van der Waals surface area contributed by atoms with Crippen LogP contribution >= 0.6 is 23.2 Å². The number of aryl methyl sites for hydroxylation is 1. The zero-order chi connectivity index (χ0) is 28.9. The summed E-state index contributed by atoms with van der Waals surface area (Å²) in [6.07, 6.45) is 9.18. The Bertz CT molecular complexity index is 1560. The molecular weight excluding hydrogens is 569 g/mol. The van der Waals surface area contributed by atoms with Crippen molar-refractivity contribution >= 4 is 57.4 Å². The molecule has 0 bridgehead atoms. The topological polar surface area (TPSA) is 127 Å². The maximum atomic E-state index is 13.6. The minimum absolute atomic E-state index is 0.0903. The molecule has 1 saturated heterocycles. The number of pyridine rings is 1. The lowest BCUT2D eigenvalue weighted by molar-refractivity contribution is 0.0941. The Morgan fingerprint density at radius 3 is 2.78 bits per heavy atom. The second-order valence-corrected chi connectivity index (χ2v) is 10.9. The fourth-order valence-electron chi connectivity index (χ4n) is 5.02. The predicted molar refractivity (Wildman–Crippen MR) is 160 cm³/mol. The number of aliphatic hydroxyl groups is 1. The van der Waals surface area contributed by atoms with Crippen molar-refractivity contribution in [2.24, 2.45) is 7.05 Å². The molecule has 1 fully saturated rings. The molecule has 218 valence electrons. The van der Waals surface area contributed by atoms with Gasteiger partial charge in [0.05, 0.1) is 11.3 Å². The molecule has 3 aromatic rings. The van der Waals surface area contributed by atoms with Gasteiger partial charge in [-0.3, -0.25) is 9.59 Å². The number of anilines is 2. The van der Waals surface area contributed by atoms with E-state index >= 15 is 0 Å². The van der Waals surface area contributed by atoms with Gasteiger partial charge in [0.15, 0.2) is 5.65 Å². The van der Waals surface area contributed by atoms with E-state index in [1.807, 2.05) is 6.08 Å². The number of allylic oxidation sites excluding steroid dienone is 4. The Hall–Kier alpha value is -3.38. The van der Waals surface area contributed by atoms with Crippen LogP contribution in [-0.4, -0.2) is 74.6 Å². The molecule has 0 saturated carbocycles. The van der Waals surface area contributed by atoms with Gasteiger partial charge in [0.1, 0.15) is 12.3 Å². The average Bonchev–Trinajstić information content (AvgIpc) is 3.60. The summed E-state index contributed by atoms with van der Waals surface area (Å²) in [6, 6.07) is 3.37. The van der Waals surface area contributed by atoms with Crippen LogP contribution in [0.1, 0.15) is 48.2 Å². The highest BCUT2D eigenvalue weighted by Crippen LogP contribution is 2.36. The molecule has 0 radical (unpaired) electrons. The zero-order valence-corrected chi connectivity index (χ0v) is 24.3. The second-order valence-electron chi connectivity index (χ2n) is 10.1. The minimum atomic E-state index is -0.478. The molecule has 41 heavy (non-hydrogen) atoms. The number of fused-ring (bicyclic) bond motifs is 1. The maximum absolute atomic E-state index is 13.6. The first kappa shape index (κ1) is 29.1. The summed E-state index contributed by atoms with van der Waals surface area (Å²) in [7, 11) is 1.79. The van der Waals surface area contributed by atoms with Crippen molar-refractivity contribution in [3.05, 3.63) is 62.3 Å². The molecular formula is C28H33Cl2N7O4. The number of hydrogen-bond acceptors (Lipinski definition) is 8. The predicted octanol–water partition coefficient (Wildman–Crippen LogP) is 3.38. The van der Waals surface area contributed by atoms with Gasteiger partial charge < -0.3 is 30.0 Å². The van der Waals surface area contributed by atoms with Crippen LogP contribution in [0.2, 0.25) is 0 Å². The molecule has 4 heterocycles. The largest absolute Gasteiger partial charge is 0.409 e. The Kier molecular flexibility index (Phi) is 9.29. The normalized spacial score (nSPS) is 15.9. The summed E-state index contributed by atoms with van der Waals surface area (Å²) in [5, 5.41) is 16.8. The van der Waals surface area contributed by atoms with Gasteiger partial charge in [0.2, 0.25) is 5.95 Å². The van der Waals surface area contributed by atoms with Crippen molar-refractivity contribution in [3.63, 3.8) is 0 Å². The van der Waals surface area contributed by atoms with Crippen molar-refractivity contribution in [1.82, 2.24) is 29.5 Å². The number of halogens is 2. The van der Waals surface area contributed by atoms with Gasteiger partial charge in [0, 0.05) is 66.6 Å². The number of hydrogen-bond donors (Lipinski definition) is 3. The van der Waals surface area contributed by atoms with Gasteiger partial charge in [-0.15, -0.1) is 4.73 Å². The molecule has 3 aromatic heterocycles. The highest BCUT2D eigenvalue weighted by molar-refractivity contribution is 6.42. The van der Waals surface area contributed by atoms with Gasteiger partial charge in [0.25, 0.3) is 11.5 Å². The van der Waals surface area contributed by atoms with Crippen molar-refractivity contribution < 1.29 is 14.7 Å². The summed E-state index contributed by atoms with van der Waals surface area (Å²) < 4.78 is 2.82. The van der Waals surface area contributed by atoms with Crippen LogP contribution in [0.3, 0.4) is 0 Å². The summed E-state index contributed by atoms with van der Waals surface area (Å²) >= 11 is 12.9. The fraction of sp³-hybridized carbons (Fsp3) is 0.429. The SMILES string of the molecule is Cn1cc(Nc2ncc3cc(C4=C(Cl)CCC=C4Cl)c(=O)n(OCCCO)c3n2)cc1C(=O)NCCN1CCCC1. The van der Waals surface area contributed by atoms with Crippen LogP contribution in [-0.2, 0) is 7.05 Å². The third-order valence-electron chi connectivity index (χ3n) is 7.10. The molecule has 11 nitrogen and oxygen atoms in total. The molecule has 0 atom stereocenters. The van der Waals surface area contributed by atoms with Crippen LogP contribution in [0.15, 0.2) is 45.5 Å². The molecule has 1 amide bonds. The number of nitrogens with zero attached hydrogens (tertiary/aromatic N) is 5. The number of rotatable bonds is 11. The van der Waals surface area contributed by atoms with Crippen molar-refractivity contribution in [2.75, 3.05) is 44.7 Å². The second kappa shape index (κ2) is 13.1. The molecule has 2 aliphatic rings. The molecule has 1 aliphatic heterocycles. The lowest BCUT2D eigenvalue weighted by atomic mass is 9.99. The monoisotopic (exact) mass is 601 g/mol. The number of carbonyl (C=O) groups excluding carboxylic acids is 1. The molecule has 0 aromatic carbocycles. The van der Waals surface area contributed by atoms with Crippen LogP contribution < -0.4 is 21.0 Å². The van der Waals surface area contributed by atoms with Crippen molar-refractivity contribution in [3.8, 4) is 0 Å². The third kappa shape index (κ3) is 6.59. The Morgan fingerprint density at radius 2 is 2.02 bits per heavy atom. The van der Waals surface area contributed by atoms with Gasteiger partial charge in [-0.25, -0.2) is 4.98 Å². The lowest BCUT2D eigenvalue weighted by Gasteiger charge is -2.17. The fourth-order valence-corrected chi connectivity index (χ4v) is 5.70. The van der Waals surface area contributed by atoms with Crippen LogP contribution in [0.5, 0.6) is 0 Å². The Balaban J connectivity index is 1.40. The average molecular weight is 603 g/mol. The highest BCUT2D eigenvalue weighted by Gasteiger charge is 2.22. The first-order chi connectivity index (χ1) is 19.9. The zero-order valence-electron chi connectivity index (χ0n) is 22.8. The van der Waals surface area contributed by atoms with E-state index in [1.165, 1.54) is 12.8 Å². The van der Waals surface area contributed by atoms with Crippen LogP contribution in [0.25, 0.3) is 16.6 Å². The molecule has 0 unspecified atom stereocenters. The number of aliphatic hydroxyl groups excluding tert-OH is 1. The summed E-state index contributed by atoms with van der Waals surface area (Å²) in [4.78, 5) is 43.5. The summed E-state index contributed by atoms with van der Waals surface area (Å²) in [5.74, 6) is 0.0461. The minimum Gasteiger partial charge on any atom is -0.409 e. The molecule has 3 N–H and O–H groups in total. The smallest absolute Gasteiger partial charge is 0.293 e. The molecule has 0 spiro atoms. The van der Waals surface area contributed by atoms with E-state index in [0.29, 0.717) is 58.2 Å². The Morgan fingerprint density at radius 1 is 1.22 bits per heavy atom. The molecule has 5 rings (SSSR count). The van der Waals surface area contributed by atoms with E-state index in [9.17, 15) is 14.7 Å². The van der Waals surface area contributed by atoms with Gasteiger partial charge >= 0.3 is 0 Å². The van der Waals surface area contributed by atoms with E-state index in [-0.39, 0.29) is 36.3 Å². The third-order valence-corrected chi connectivity index (χ3v) is 7.82. The number of nitrogens with one attached hydrogen (secondary N) is 2. The summed E-state index contributed by atoms with van der Waals surface area (Å²) in [6.45, 7) is 3.58. The number of aromatic nitrogens is 4. The van der Waals surface area contributed by atoms with Crippen LogP contribution in [0, 0.1) is 0 Å². The number of carbonyl (C=O) groups is 1. The number of likely N-dealkylation sites (tertiary alicyclic amines) is 1. The van der Waals surface area contributed by atoms with Gasteiger partial charge in [-0.2, -0.15) is 4.98 Å². The molecule has 13 heteroatoms. The van der Waals surface area contributed by atoms with E-state index in [2.05, 4.69) is 25.5 Å². The van der Waals surface area contributed by atoms with Crippen molar-refractivity contribution in [1.29, 1.82) is 0 Å². The lowest BCUT2D eigenvalue weighted by Crippen LogP contribution is -2.34. The first-order valence-corrected chi connectivity index (χ1v) is 14.5. The van der Waals surface area contributed by atoms with Gasteiger partial charge in [-0.1, -0.05) is 29.3 Å². The van der Waals surface area contributed by atoms with Crippen LogP contribution in [0.4, 0.5) is 11.6 Å². The Labute approximate surface area is 247 Å². The van der Waals surface area contributed by atoms with E-state index in [1.54, 1.807) is 36.1 Å². The molecule has 1 aliphatic carbocycles. The van der Waals surface area contributed by atoms with Crippen molar-refractivity contribution in [2.45, 2.75) is 32.1 Å². The van der Waals surface area contributed by atoms with E-state index in [4.69, 9.17) is 28.0 Å². The first-order valence-electron chi connectivity index (χ1n) is 13.7. The van der Waals surface area contributed by atoms with E-state index in [0.717, 1.165) is 24.4 Å². The quantitative estimate of drug-likeness (QED) is 0.286. The highest BCUT2D eigenvalue weighted by atomic mass is 35.5. The number of amides is 1. The standard InChI is InChI=1S/C28H33Cl2N7O4/c1-35-17-19(15-23(35)26(39)31-8-11-36-9-2-3-10-36)33-28-32-16-18-14-20(24-21(29)6-4-7-22(24)30)27(40)37(25(18)34-28)41-13-5-12-38/h6,14-17,38H,2-5,7-13H2,1H3,(H,31,39)(H,32,33,34). The van der Waals surface area contributed by atoms with Gasteiger partial charge in [-0.05, 0) is 50.9 Å². The van der Waals surface area contributed by atoms with E-state index < -0.39 is 5.56 Å². The summed E-state index contributed by atoms with van der Waals surface area (Å²) in [5.41, 5.74) is 1.60.